The molecule has 0 saturated carbocycles. The average Bonchev–Trinajstić information content (AvgIpc) is 2.77. The van der Waals surface area contributed by atoms with Crippen molar-refractivity contribution < 1.29 is 18.1 Å². The van der Waals surface area contributed by atoms with Crippen LogP contribution in [0.15, 0.2) is 69.3 Å². The quantitative estimate of drug-likeness (QED) is 0.216. The van der Waals surface area contributed by atoms with Crippen LogP contribution in [0.2, 0.25) is 15.1 Å². The van der Waals surface area contributed by atoms with Gasteiger partial charge in [-0.25, -0.2) is 8.42 Å². The molecule has 0 saturated heterocycles. The van der Waals surface area contributed by atoms with Gasteiger partial charge in [0.25, 0.3) is 11.6 Å². The lowest BCUT2D eigenvalue weighted by Gasteiger charge is -2.19. The number of nitrogens with one attached hydrogen (secondary N) is 1. The van der Waals surface area contributed by atoms with Crippen LogP contribution < -0.4 is 5.32 Å². The van der Waals surface area contributed by atoms with Crippen LogP contribution in [-0.4, -0.2) is 19.2 Å². The monoisotopic (exact) mass is 554 g/mol. The summed E-state index contributed by atoms with van der Waals surface area (Å²) in [4.78, 5) is 23.8. The number of nitrogens with zero attached hydrogens (tertiary/aromatic N) is 1. The lowest BCUT2D eigenvalue weighted by Crippen LogP contribution is -2.17. The average molecular weight is 556 g/mol. The molecular weight excluding hydrogens is 543 g/mol. The second kappa shape index (κ2) is 9.59. The molecule has 1 aliphatic heterocycles. The first kappa shape index (κ1) is 24.6. The van der Waals surface area contributed by atoms with Crippen molar-refractivity contribution in [1.29, 1.82) is 0 Å². The highest BCUT2D eigenvalue weighted by Gasteiger charge is 2.25. The van der Waals surface area contributed by atoms with Crippen LogP contribution in [0.25, 0.3) is 6.08 Å². The molecule has 12 heteroatoms. The highest BCUT2D eigenvalue weighted by Crippen LogP contribution is 2.41. The van der Waals surface area contributed by atoms with Gasteiger partial charge < -0.3 is 5.32 Å². The van der Waals surface area contributed by atoms with Gasteiger partial charge in [-0.1, -0.05) is 58.7 Å². The third-order valence-corrected chi connectivity index (χ3v) is 8.61. The van der Waals surface area contributed by atoms with Crippen LogP contribution in [0.4, 0.5) is 11.4 Å². The first-order valence-corrected chi connectivity index (χ1v) is 13.1. The fraction of sp³-hybridized carbons (Fsp3) is 0.0455. The van der Waals surface area contributed by atoms with E-state index >= 15 is 0 Å². The van der Waals surface area contributed by atoms with Gasteiger partial charge in [0.15, 0.2) is 9.84 Å². The van der Waals surface area contributed by atoms with Gasteiger partial charge in [0.1, 0.15) is 5.02 Å². The molecule has 1 heterocycles. The van der Waals surface area contributed by atoms with E-state index in [9.17, 15) is 23.3 Å². The number of nitro benzene ring substituents is 1. The summed E-state index contributed by atoms with van der Waals surface area (Å²) >= 11 is 19.2. The molecule has 4 rings (SSSR count). The number of carbonyl (C=O) groups is 1. The van der Waals surface area contributed by atoms with E-state index in [2.05, 4.69) is 5.32 Å². The number of fused-ring (bicyclic) bond motifs is 1. The Bertz CT molecular complexity index is 1470. The maximum Gasteiger partial charge on any atom is 0.288 e. The molecule has 34 heavy (non-hydrogen) atoms. The fourth-order valence-corrected chi connectivity index (χ4v) is 6.55. The van der Waals surface area contributed by atoms with Gasteiger partial charge >= 0.3 is 0 Å². The number of rotatable bonds is 5. The van der Waals surface area contributed by atoms with Crippen molar-refractivity contribution in [3.8, 4) is 0 Å². The number of anilines is 1. The number of halogens is 3. The Hall–Kier alpha value is -2.56. The summed E-state index contributed by atoms with van der Waals surface area (Å²) in [5, 5.41) is 14.3. The zero-order chi connectivity index (χ0) is 24.6. The third-order valence-electron chi connectivity index (χ3n) is 4.86. The minimum Gasteiger partial charge on any atom is -0.320 e. The maximum atomic E-state index is 13.1. The highest BCUT2D eigenvalue weighted by atomic mass is 35.5. The van der Waals surface area contributed by atoms with Crippen molar-refractivity contribution in [1.82, 2.24) is 0 Å². The normalized spacial score (nSPS) is 14.6. The summed E-state index contributed by atoms with van der Waals surface area (Å²) < 4.78 is 26.1. The van der Waals surface area contributed by atoms with Crippen LogP contribution in [0.1, 0.15) is 11.1 Å². The number of sulfone groups is 1. The molecule has 3 aromatic rings. The van der Waals surface area contributed by atoms with Crippen LogP contribution in [0.3, 0.4) is 0 Å². The number of nitro groups is 1. The van der Waals surface area contributed by atoms with Crippen molar-refractivity contribution in [2.24, 2.45) is 0 Å². The first-order valence-electron chi connectivity index (χ1n) is 9.50. The first-order chi connectivity index (χ1) is 16.0. The van der Waals surface area contributed by atoms with Gasteiger partial charge in [0.05, 0.1) is 26.2 Å². The molecule has 0 radical (unpaired) electrons. The van der Waals surface area contributed by atoms with Crippen molar-refractivity contribution in [3.05, 3.63) is 95.8 Å². The SMILES string of the molecule is O=C1Nc2ccc(S(=O)(=O)Cc3c(Cl)cccc3Cl)cc2S/C1=C\c1ccc(Cl)c([N+](=O)[O-])c1. The molecule has 0 aromatic heterocycles. The summed E-state index contributed by atoms with van der Waals surface area (Å²) in [6.45, 7) is 0. The molecule has 7 nitrogen and oxygen atoms in total. The summed E-state index contributed by atoms with van der Waals surface area (Å²) in [5.74, 6) is -0.813. The molecule has 3 aromatic carbocycles. The molecule has 1 aliphatic rings. The molecule has 1 amide bonds. The molecule has 0 unspecified atom stereocenters. The van der Waals surface area contributed by atoms with Gasteiger partial charge in [-0.2, -0.15) is 0 Å². The number of amides is 1. The standard InChI is InChI=1S/C22H13Cl3N2O5S2/c23-15-2-1-3-16(24)14(15)11-34(31,32)13-5-7-18-20(10-13)33-21(22(28)26-18)9-12-4-6-17(25)19(8-12)27(29)30/h1-10H,11H2,(H,26,28)/b21-9-. The van der Waals surface area contributed by atoms with Gasteiger partial charge in [0.2, 0.25) is 0 Å². The van der Waals surface area contributed by atoms with Gasteiger partial charge in [-0.3, -0.25) is 14.9 Å². The Balaban J connectivity index is 1.67. The Kier molecular flexibility index (Phi) is 6.93. The van der Waals surface area contributed by atoms with E-state index < -0.39 is 26.4 Å². The van der Waals surface area contributed by atoms with E-state index in [0.717, 1.165) is 11.8 Å². The summed E-state index contributed by atoms with van der Waals surface area (Å²) in [6.07, 6.45) is 1.47. The second-order valence-corrected chi connectivity index (χ2v) is 11.4. The lowest BCUT2D eigenvalue weighted by atomic mass is 10.2. The number of hydrogen-bond acceptors (Lipinski definition) is 6. The van der Waals surface area contributed by atoms with Crippen LogP contribution >= 0.6 is 46.6 Å². The number of benzene rings is 3. The largest absolute Gasteiger partial charge is 0.320 e. The minimum absolute atomic E-state index is 0.0216. The van der Waals surface area contributed by atoms with Crippen LogP contribution in [-0.2, 0) is 20.4 Å². The molecule has 0 spiro atoms. The fourth-order valence-electron chi connectivity index (χ4n) is 3.18. The highest BCUT2D eigenvalue weighted by molar-refractivity contribution is 8.04. The van der Waals surface area contributed by atoms with E-state index in [1.54, 1.807) is 24.3 Å². The molecular formula is C22H13Cl3N2O5S2. The van der Waals surface area contributed by atoms with Crippen molar-refractivity contribution in [2.75, 3.05) is 5.32 Å². The number of thioether (sulfide) groups is 1. The van der Waals surface area contributed by atoms with E-state index in [1.807, 2.05) is 0 Å². The Labute approximate surface area is 213 Å². The lowest BCUT2D eigenvalue weighted by molar-refractivity contribution is -0.384. The second-order valence-electron chi connectivity index (χ2n) is 7.15. The molecule has 0 bridgehead atoms. The van der Waals surface area contributed by atoms with Crippen LogP contribution in [0, 0.1) is 10.1 Å². The Morgan fingerprint density at radius 1 is 1.00 bits per heavy atom. The zero-order valence-corrected chi connectivity index (χ0v) is 20.8. The predicted molar refractivity (Wildman–Crippen MR) is 134 cm³/mol. The van der Waals surface area contributed by atoms with E-state index in [-0.39, 0.29) is 30.6 Å². The Morgan fingerprint density at radius 2 is 1.71 bits per heavy atom. The van der Waals surface area contributed by atoms with Crippen LogP contribution in [0.5, 0.6) is 0 Å². The van der Waals surface area contributed by atoms with Crippen molar-refractivity contribution >= 4 is 79.8 Å². The van der Waals surface area contributed by atoms with Gasteiger partial charge in [-0.15, -0.1) is 0 Å². The Morgan fingerprint density at radius 3 is 2.38 bits per heavy atom. The summed E-state index contributed by atoms with van der Waals surface area (Å²) in [7, 11) is -3.81. The van der Waals surface area contributed by atoms with Crippen molar-refractivity contribution in [2.45, 2.75) is 15.5 Å². The summed E-state index contributed by atoms with van der Waals surface area (Å²) in [6, 6.07) is 13.3. The molecule has 0 fully saturated rings. The van der Waals surface area contributed by atoms with Gasteiger partial charge in [0, 0.05) is 26.6 Å². The third kappa shape index (κ3) is 5.08. The van der Waals surface area contributed by atoms with Crippen molar-refractivity contribution in [3.63, 3.8) is 0 Å². The predicted octanol–water partition coefficient (Wildman–Crippen LogP) is 6.61. The zero-order valence-electron chi connectivity index (χ0n) is 16.9. The maximum absolute atomic E-state index is 13.1. The van der Waals surface area contributed by atoms with E-state index in [0.29, 0.717) is 21.7 Å². The van der Waals surface area contributed by atoms with E-state index in [4.69, 9.17) is 34.8 Å². The molecule has 174 valence electrons. The smallest absolute Gasteiger partial charge is 0.288 e. The summed E-state index contributed by atoms with van der Waals surface area (Å²) in [5.41, 5.74) is 0.858. The molecule has 0 atom stereocenters. The van der Waals surface area contributed by atoms with Gasteiger partial charge in [-0.05, 0) is 48.0 Å². The topological polar surface area (TPSA) is 106 Å². The minimum atomic E-state index is -3.81. The number of hydrogen-bond donors (Lipinski definition) is 1. The molecule has 0 aliphatic carbocycles. The number of carbonyl (C=O) groups excluding carboxylic acids is 1. The van der Waals surface area contributed by atoms with E-state index in [1.165, 1.54) is 36.4 Å². The molecule has 1 N–H and O–H groups in total.